The molecule has 122 valence electrons. The summed E-state index contributed by atoms with van der Waals surface area (Å²) < 4.78 is 5.61. The van der Waals surface area contributed by atoms with Gasteiger partial charge in [-0.05, 0) is 42.0 Å². The third kappa shape index (κ3) is 5.14. The molecule has 2 aromatic carbocycles. The predicted molar refractivity (Wildman–Crippen MR) is 86.8 cm³/mol. The monoisotopic (exact) mass is 324 g/mol. The summed E-state index contributed by atoms with van der Waals surface area (Å²) in [6.45, 7) is 0.0537. The van der Waals surface area contributed by atoms with E-state index >= 15 is 0 Å². The quantitative estimate of drug-likeness (QED) is 0.811. The second-order valence-electron chi connectivity index (χ2n) is 5.01. The van der Waals surface area contributed by atoms with Gasteiger partial charge in [-0.15, -0.1) is 0 Å². The maximum Gasteiger partial charge on any atom is 0.322 e. The predicted octanol–water partition coefficient (Wildman–Crippen LogP) is 1.99. The molecule has 0 heterocycles. The minimum atomic E-state index is -1.09. The number of carbonyl (C=O) groups excluding carboxylic acids is 1. The molecule has 0 aliphatic heterocycles. The van der Waals surface area contributed by atoms with Crippen molar-refractivity contribution in [2.75, 3.05) is 13.2 Å². The molecule has 24 heavy (non-hydrogen) atoms. The average molecular weight is 324 g/mol. The Morgan fingerprint density at radius 2 is 1.75 bits per heavy atom. The van der Waals surface area contributed by atoms with Gasteiger partial charge >= 0.3 is 5.97 Å². The molecule has 0 atom stereocenters. The zero-order chi connectivity index (χ0) is 17.4. The number of hydrogen-bond acceptors (Lipinski definition) is 4. The summed E-state index contributed by atoms with van der Waals surface area (Å²) in [5, 5.41) is 19.6. The molecule has 2 aromatic rings. The second kappa shape index (κ2) is 8.34. The lowest BCUT2D eigenvalue weighted by Crippen LogP contribution is -2.29. The number of nitrogens with zero attached hydrogens (tertiary/aromatic N) is 1. The molecule has 1 amide bonds. The van der Waals surface area contributed by atoms with Gasteiger partial charge in [-0.2, -0.15) is 5.26 Å². The van der Waals surface area contributed by atoms with Crippen molar-refractivity contribution < 1.29 is 19.4 Å². The first-order valence-corrected chi connectivity index (χ1v) is 7.30. The van der Waals surface area contributed by atoms with Crippen molar-refractivity contribution in [1.29, 1.82) is 5.26 Å². The Morgan fingerprint density at radius 3 is 2.33 bits per heavy atom. The van der Waals surface area contributed by atoms with Gasteiger partial charge in [0.05, 0.1) is 18.2 Å². The molecule has 0 aliphatic rings. The fourth-order valence-corrected chi connectivity index (χ4v) is 1.99. The molecule has 0 aliphatic carbocycles. The summed E-state index contributed by atoms with van der Waals surface area (Å²) in [7, 11) is 0. The molecule has 0 fully saturated rings. The smallest absolute Gasteiger partial charge is 0.322 e. The van der Waals surface area contributed by atoms with E-state index in [2.05, 4.69) is 11.4 Å². The number of carboxylic acid groups (broad SMARTS) is 1. The van der Waals surface area contributed by atoms with Crippen molar-refractivity contribution in [3.63, 3.8) is 0 Å². The van der Waals surface area contributed by atoms with Crippen LogP contribution < -0.4 is 10.1 Å². The first-order chi connectivity index (χ1) is 11.6. The van der Waals surface area contributed by atoms with Gasteiger partial charge in [0.1, 0.15) is 12.3 Å². The summed E-state index contributed by atoms with van der Waals surface area (Å²) >= 11 is 0. The third-order valence-corrected chi connectivity index (χ3v) is 3.26. The number of benzene rings is 2. The molecular weight excluding hydrogens is 308 g/mol. The van der Waals surface area contributed by atoms with E-state index in [0.29, 0.717) is 29.9 Å². The molecule has 6 nitrogen and oxygen atoms in total. The van der Waals surface area contributed by atoms with Crippen molar-refractivity contribution >= 4 is 11.9 Å². The number of ether oxygens (including phenoxy) is 1. The Kier molecular flexibility index (Phi) is 5.92. The first-order valence-electron chi connectivity index (χ1n) is 7.30. The van der Waals surface area contributed by atoms with E-state index in [1.807, 2.05) is 12.1 Å². The van der Waals surface area contributed by atoms with Crippen LogP contribution >= 0.6 is 0 Å². The van der Waals surface area contributed by atoms with Crippen molar-refractivity contribution in [1.82, 2.24) is 5.32 Å². The summed E-state index contributed by atoms with van der Waals surface area (Å²) in [6, 6.07) is 15.8. The van der Waals surface area contributed by atoms with Crippen LogP contribution in [0.3, 0.4) is 0 Å². The molecule has 0 saturated heterocycles. The summed E-state index contributed by atoms with van der Waals surface area (Å²) in [5.74, 6) is -0.911. The van der Waals surface area contributed by atoms with E-state index in [1.165, 1.54) is 0 Å². The minimum absolute atomic E-state index is 0.371. The third-order valence-electron chi connectivity index (χ3n) is 3.26. The number of nitriles is 1. The van der Waals surface area contributed by atoms with Gasteiger partial charge in [0.2, 0.25) is 0 Å². The number of rotatable bonds is 7. The van der Waals surface area contributed by atoms with E-state index in [9.17, 15) is 9.59 Å². The molecule has 0 spiro atoms. The van der Waals surface area contributed by atoms with Gasteiger partial charge in [-0.25, -0.2) is 0 Å². The van der Waals surface area contributed by atoms with E-state index in [1.54, 1.807) is 36.4 Å². The Morgan fingerprint density at radius 1 is 1.08 bits per heavy atom. The van der Waals surface area contributed by atoms with Crippen LogP contribution in [0.4, 0.5) is 0 Å². The highest BCUT2D eigenvalue weighted by Gasteiger charge is 2.07. The molecular formula is C18H16N2O4. The highest BCUT2D eigenvalue weighted by atomic mass is 16.5. The van der Waals surface area contributed by atoms with E-state index in [4.69, 9.17) is 15.1 Å². The minimum Gasteiger partial charge on any atom is -0.493 e. The number of carbonyl (C=O) groups is 2. The normalized spacial score (nSPS) is 9.79. The average Bonchev–Trinajstić information content (AvgIpc) is 2.61. The maximum atomic E-state index is 11.7. The topological polar surface area (TPSA) is 99.4 Å². The summed E-state index contributed by atoms with van der Waals surface area (Å²) in [6.07, 6.45) is 0.701. The van der Waals surface area contributed by atoms with Crippen molar-refractivity contribution in [2.45, 2.75) is 6.42 Å². The zero-order valence-electron chi connectivity index (χ0n) is 12.9. The zero-order valence-corrected chi connectivity index (χ0v) is 12.9. The van der Waals surface area contributed by atoms with Gasteiger partial charge in [-0.1, -0.05) is 12.1 Å². The molecule has 0 unspecified atom stereocenters. The number of nitrogens with one attached hydrogen (secondary N) is 1. The number of aliphatic carboxylic acids is 1. The molecule has 2 N–H and O–H groups in total. The van der Waals surface area contributed by atoms with Crippen LogP contribution in [-0.4, -0.2) is 30.1 Å². The Hall–Kier alpha value is -3.33. The van der Waals surface area contributed by atoms with Gasteiger partial charge in [-0.3, -0.25) is 9.59 Å². The molecule has 0 aromatic heterocycles. The summed E-state index contributed by atoms with van der Waals surface area (Å²) in [4.78, 5) is 22.1. The Bertz CT molecular complexity index is 746. The van der Waals surface area contributed by atoms with Crippen LogP contribution in [0.25, 0.3) is 0 Å². The standard InChI is InChI=1S/C18H16N2O4/c19-11-14-3-1-13(2-4-14)9-10-24-16-7-5-15(6-8-16)18(23)20-12-17(21)22/h1-8H,9-10,12H2,(H,20,23)(H,21,22). The first kappa shape index (κ1) is 17.0. The lowest BCUT2D eigenvalue weighted by atomic mass is 10.1. The van der Waals surface area contributed by atoms with Gasteiger partial charge in [0.15, 0.2) is 0 Å². The number of hydrogen-bond donors (Lipinski definition) is 2. The lowest BCUT2D eigenvalue weighted by Gasteiger charge is -2.07. The van der Waals surface area contributed by atoms with E-state index in [-0.39, 0.29) is 0 Å². The summed E-state index contributed by atoms with van der Waals surface area (Å²) in [5.41, 5.74) is 2.06. The van der Waals surface area contributed by atoms with Crippen LogP contribution in [0, 0.1) is 11.3 Å². The van der Waals surface area contributed by atoms with Crippen molar-refractivity contribution in [2.24, 2.45) is 0 Å². The van der Waals surface area contributed by atoms with Gasteiger partial charge in [0, 0.05) is 12.0 Å². The second-order valence-corrected chi connectivity index (χ2v) is 5.01. The molecule has 0 bridgehead atoms. The fourth-order valence-electron chi connectivity index (χ4n) is 1.99. The SMILES string of the molecule is N#Cc1ccc(CCOc2ccc(C(=O)NCC(=O)O)cc2)cc1. The largest absolute Gasteiger partial charge is 0.493 e. The fraction of sp³-hybridized carbons (Fsp3) is 0.167. The molecule has 0 radical (unpaired) electrons. The van der Waals surface area contributed by atoms with Crippen molar-refractivity contribution in [3.05, 3.63) is 65.2 Å². The molecule has 6 heteroatoms. The number of amides is 1. The lowest BCUT2D eigenvalue weighted by molar-refractivity contribution is -0.135. The van der Waals surface area contributed by atoms with Crippen LogP contribution in [0.2, 0.25) is 0 Å². The van der Waals surface area contributed by atoms with Crippen LogP contribution in [0.1, 0.15) is 21.5 Å². The molecule has 2 rings (SSSR count). The highest BCUT2D eigenvalue weighted by Crippen LogP contribution is 2.13. The van der Waals surface area contributed by atoms with Crippen LogP contribution in [0.5, 0.6) is 5.75 Å². The van der Waals surface area contributed by atoms with Crippen molar-refractivity contribution in [3.8, 4) is 11.8 Å². The number of carboxylic acids is 1. The van der Waals surface area contributed by atoms with Gasteiger partial charge < -0.3 is 15.2 Å². The Balaban J connectivity index is 1.82. The molecule has 0 saturated carbocycles. The Labute approximate surface area is 139 Å². The highest BCUT2D eigenvalue weighted by molar-refractivity contribution is 5.95. The van der Waals surface area contributed by atoms with E-state index in [0.717, 1.165) is 5.56 Å². The van der Waals surface area contributed by atoms with Crippen LogP contribution in [-0.2, 0) is 11.2 Å². The van der Waals surface area contributed by atoms with Gasteiger partial charge in [0.25, 0.3) is 5.91 Å². The maximum absolute atomic E-state index is 11.7. The van der Waals surface area contributed by atoms with Crippen LogP contribution in [0.15, 0.2) is 48.5 Å². The van der Waals surface area contributed by atoms with E-state index < -0.39 is 18.4 Å².